The van der Waals surface area contributed by atoms with Crippen LogP contribution in [0.2, 0.25) is 0 Å². The zero-order chi connectivity index (χ0) is 28.7. The number of hydrogen-bond acceptors (Lipinski definition) is 9. The summed E-state index contributed by atoms with van der Waals surface area (Å²) in [6.45, 7) is 16.3. The van der Waals surface area contributed by atoms with E-state index in [4.69, 9.17) is 20.6 Å². The van der Waals surface area contributed by atoms with E-state index in [2.05, 4.69) is 48.1 Å². The lowest BCUT2D eigenvalue weighted by atomic mass is 9.74. The summed E-state index contributed by atoms with van der Waals surface area (Å²) in [4.78, 5) is 11.2. The van der Waals surface area contributed by atoms with Gasteiger partial charge in [-0.15, -0.1) is 0 Å². The number of pyridine rings is 1. The summed E-state index contributed by atoms with van der Waals surface area (Å²) < 4.78 is 13.9. The van der Waals surface area contributed by atoms with Gasteiger partial charge >= 0.3 is 0 Å². The van der Waals surface area contributed by atoms with Crippen molar-refractivity contribution in [2.75, 3.05) is 57.6 Å². The SMILES string of the molecule is C=C/C(C)=C(/COc1ccc(N)c(C(=N)c2ccc(N3CC4(CN(S)C4)C3)nc2)c1OC)C(C)=NC.CCC. The minimum atomic E-state index is 0.225. The van der Waals surface area contributed by atoms with E-state index in [-0.39, 0.29) is 12.3 Å². The Labute approximate surface area is 238 Å². The van der Waals surface area contributed by atoms with Crippen LogP contribution in [0, 0.1) is 10.8 Å². The Hall–Kier alpha value is -3.30. The number of hydrogen-bond donors (Lipinski definition) is 3. The minimum Gasteiger partial charge on any atom is -0.492 e. The van der Waals surface area contributed by atoms with Crippen LogP contribution < -0.4 is 20.1 Å². The van der Waals surface area contributed by atoms with Gasteiger partial charge in [-0.05, 0) is 43.7 Å². The lowest BCUT2D eigenvalue weighted by Crippen LogP contribution is -2.70. The topological polar surface area (TPSA) is 100 Å². The highest BCUT2D eigenvalue weighted by atomic mass is 32.1. The van der Waals surface area contributed by atoms with E-state index in [9.17, 15) is 0 Å². The van der Waals surface area contributed by atoms with Crippen molar-refractivity contribution < 1.29 is 9.47 Å². The lowest BCUT2D eigenvalue weighted by Gasteiger charge is -2.59. The molecule has 39 heavy (non-hydrogen) atoms. The predicted octanol–water partition coefficient (Wildman–Crippen LogP) is 5.44. The summed E-state index contributed by atoms with van der Waals surface area (Å²) in [5.74, 6) is 1.83. The van der Waals surface area contributed by atoms with Crippen molar-refractivity contribution in [1.29, 1.82) is 5.41 Å². The molecular weight excluding hydrogens is 508 g/mol. The number of rotatable bonds is 9. The number of anilines is 2. The zero-order valence-corrected chi connectivity index (χ0v) is 24.9. The highest BCUT2D eigenvalue weighted by molar-refractivity contribution is 7.77. The van der Waals surface area contributed by atoms with Crippen molar-refractivity contribution in [3.63, 3.8) is 0 Å². The quantitative estimate of drug-likeness (QED) is 0.166. The van der Waals surface area contributed by atoms with Crippen LogP contribution in [0.1, 0.15) is 45.2 Å². The average molecular weight is 551 g/mol. The molecule has 9 heteroatoms. The third kappa shape index (κ3) is 6.65. The van der Waals surface area contributed by atoms with Crippen LogP contribution >= 0.6 is 12.8 Å². The molecule has 2 fully saturated rings. The van der Waals surface area contributed by atoms with Gasteiger partial charge in [0.1, 0.15) is 12.4 Å². The molecule has 0 unspecified atom stereocenters. The number of benzene rings is 1. The number of allylic oxidation sites excluding steroid dienone is 2. The summed E-state index contributed by atoms with van der Waals surface area (Å²) in [6, 6.07) is 7.36. The van der Waals surface area contributed by atoms with Crippen molar-refractivity contribution in [2.45, 2.75) is 34.1 Å². The van der Waals surface area contributed by atoms with E-state index in [1.165, 1.54) is 6.42 Å². The maximum Gasteiger partial charge on any atom is 0.172 e. The van der Waals surface area contributed by atoms with Crippen LogP contribution in [0.4, 0.5) is 11.5 Å². The first-order valence-electron chi connectivity index (χ1n) is 13.2. The van der Waals surface area contributed by atoms with Gasteiger partial charge in [-0.2, -0.15) is 0 Å². The van der Waals surface area contributed by atoms with Crippen molar-refractivity contribution in [3.8, 4) is 11.5 Å². The fourth-order valence-corrected chi connectivity index (χ4v) is 5.38. The molecule has 0 amide bonds. The van der Waals surface area contributed by atoms with Gasteiger partial charge in [0.15, 0.2) is 11.5 Å². The van der Waals surface area contributed by atoms with Crippen LogP contribution in [0.25, 0.3) is 0 Å². The summed E-state index contributed by atoms with van der Waals surface area (Å²) in [7, 11) is 3.30. The number of nitrogens with two attached hydrogens (primary N) is 1. The molecule has 4 rings (SSSR count). The normalized spacial score (nSPS) is 16.8. The van der Waals surface area contributed by atoms with Crippen molar-refractivity contribution >= 4 is 35.7 Å². The molecule has 3 N–H and O–H groups in total. The van der Waals surface area contributed by atoms with Gasteiger partial charge in [0.05, 0.1) is 18.4 Å². The third-order valence-corrected chi connectivity index (χ3v) is 7.27. The second-order valence-corrected chi connectivity index (χ2v) is 10.8. The monoisotopic (exact) mass is 550 g/mol. The summed E-state index contributed by atoms with van der Waals surface area (Å²) in [5, 5.41) is 8.90. The molecule has 0 radical (unpaired) electrons. The number of aliphatic imine (C=N–C) groups is 1. The molecule has 1 aromatic heterocycles. The Balaban J connectivity index is 0.00000134. The van der Waals surface area contributed by atoms with Gasteiger partial charge in [-0.1, -0.05) is 45.7 Å². The first kappa shape index (κ1) is 30.2. The molecule has 0 saturated carbocycles. The van der Waals surface area contributed by atoms with Crippen molar-refractivity contribution in [2.24, 2.45) is 10.4 Å². The lowest BCUT2D eigenvalue weighted by molar-refractivity contribution is 0.0488. The van der Waals surface area contributed by atoms with E-state index in [0.29, 0.717) is 33.7 Å². The molecule has 2 saturated heterocycles. The largest absolute Gasteiger partial charge is 0.492 e. The summed E-state index contributed by atoms with van der Waals surface area (Å²) in [6.07, 6.45) is 4.75. The van der Waals surface area contributed by atoms with E-state index in [0.717, 1.165) is 48.9 Å². The zero-order valence-electron chi connectivity index (χ0n) is 24.0. The highest BCUT2D eigenvalue weighted by Crippen LogP contribution is 2.42. The molecule has 0 bridgehead atoms. The number of methoxy groups -OCH3 is 1. The average Bonchev–Trinajstić information content (AvgIpc) is 2.90. The van der Waals surface area contributed by atoms with Crippen molar-refractivity contribution in [3.05, 3.63) is 65.4 Å². The first-order valence-corrected chi connectivity index (χ1v) is 13.6. The molecule has 2 aliphatic rings. The molecule has 1 spiro atoms. The van der Waals surface area contributed by atoms with Crippen LogP contribution in [0.15, 0.2) is 59.3 Å². The molecule has 0 atom stereocenters. The van der Waals surface area contributed by atoms with Crippen LogP contribution in [-0.2, 0) is 0 Å². The standard InChI is InChI=1S/C27H34N6O2S.C3H8/c1-6-17(2)20(18(3)30-4)12-35-22-9-8-21(28)24(26(22)34-5)25(29)19-7-10-23(31-11-19)32-13-27(14-32)15-33(36)16-27;1-3-2/h6-11,29,36H,1,12-16,28H2,2-5H3;3H2,1-2H3/b20-17-,29-25?,30-18?;. The predicted molar refractivity (Wildman–Crippen MR) is 166 cm³/mol. The second kappa shape index (κ2) is 13.2. The fourth-order valence-electron chi connectivity index (χ4n) is 4.78. The maximum absolute atomic E-state index is 8.90. The van der Waals surface area contributed by atoms with E-state index in [1.54, 1.807) is 38.6 Å². The Morgan fingerprint density at radius 3 is 2.38 bits per heavy atom. The van der Waals surface area contributed by atoms with E-state index in [1.807, 2.05) is 30.3 Å². The van der Waals surface area contributed by atoms with Crippen molar-refractivity contribution in [1.82, 2.24) is 9.29 Å². The Kier molecular flexibility index (Phi) is 10.2. The molecule has 1 aromatic carbocycles. The Morgan fingerprint density at radius 2 is 1.87 bits per heavy atom. The third-order valence-electron chi connectivity index (χ3n) is 6.98. The van der Waals surface area contributed by atoms with Gasteiger partial charge in [-0.25, -0.2) is 4.98 Å². The summed E-state index contributed by atoms with van der Waals surface area (Å²) in [5.41, 5.74) is 11.3. The number of nitrogen functional groups attached to an aromatic ring is 1. The Morgan fingerprint density at radius 1 is 1.21 bits per heavy atom. The Bertz CT molecular complexity index is 1240. The molecule has 2 aliphatic heterocycles. The molecule has 8 nitrogen and oxygen atoms in total. The van der Waals surface area contributed by atoms with Gasteiger partial charge in [0.2, 0.25) is 0 Å². The number of thiol groups is 1. The van der Waals surface area contributed by atoms with Crippen LogP contribution in [0.3, 0.4) is 0 Å². The molecular formula is C30H42N6O2S. The second-order valence-electron chi connectivity index (χ2n) is 10.2. The molecule has 3 heterocycles. The summed E-state index contributed by atoms with van der Waals surface area (Å²) >= 11 is 4.39. The van der Waals surface area contributed by atoms with Crippen LogP contribution in [-0.4, -0.2) is 67.7 Å². The molecule has 2 aromatic rings. The number of ether oxygens (including phenoxy) is 2. The maximum atomic E-state index is 8.90. The van der Waals surface area contributed by atoms with E-state index < -0.39 is 0 Å². The smallest absolute Gasteiger partial charge is 0.172 e. The van der Waals surface area contributed by atoms with Gasteiger partial charge in [0.25, 0.3) is 0 Å². The van der Waals surface area contributed by atoms with Crippen LogP contribution in [0.5, 0.6) is 11.5 Å². The van der Waals surface area contributed by atoms with Gasteiger partial charge in [0, 0.05) is 67.4 Å². The number of aromatic nitrogens is 1. The van der Waals surface area contributed by atoms with Gasteiger partial charge < -0.3 is 20.1 Å². The first-order chi connectivity index (χ1) is 18.6. The van der Waals surface area contributed by atoms with Gasteiger partial charge in [-0.3, -0.25) is 14.7 Å². The fraction of sp³-hybridized carbons (Fsp3) is 0.433. The number of nitrogens with one attached hydrogen (secondary N) is 1. The van der Waals surface area contributed by atoms with E-state index >= 15 is 0 Å². The molecule has 0 aliphatic carbocycles. The highest BCUT2D eigenvalue weighted by Gasteiger charge is 2.51. The minimum absolute atomic E-state index is 0.225. The number of nitrogens with zero attached hydrogens (tertiary/aromatic N) is 4. The molecule has 210 valence electrons.